The number of guanidine groups is 1. The second-order valence-corrected chi connectivity index (χ2v) is 6.04. The molecule has 26 heavy (non-hydrogen) atoms. The van der Waals surface area contributed by atoms with Crippen LogP contribution in [-0.4, -0.2) is 31.3 Å². The number of para-hydroxylation sites is 2. The highest BCUT2D eigenvalue weighted by Crippen LogP contribution is 2.32. The molecule has 6 nitrogen and oxygen atoms in total. The van der Waals surface area contributed by atoms with Crippen molar-refractivity contribution in [1.29, 1.82) is 0 Å². The molecule has 138 valence electrons. The molecule has 2 aromatic rings. The third kappa shape index (κ3) is 4.02. The van der Waals surface area contributed by atoms with Gasteiger partial charge in [-0.25, -0.2) is 4.99 Å². The molecule has 1 unspecified atom stereocenters. The van der Waals surface area contributed by atoms with Crippen molar-refractivity contribution < 1.29 is 14.6 Å². The van der Waals surface area contributed by atoms with Crippen LogP contribution in [0, 0.1) is 0 Å². The van der Waals surface area contributed by atoms with Crippen molar-refractivity contribution in [2.75, 3.05) is 20.3 Å². The van der Waals surface area contributed by atoms with Crippen LogP contribution in [-0.2, 0) is 6.54 Å². The molecule has 0 radical (unpaired) electrons. The normalized spacial score (nSPS) is 16.4. The number of hydrogen-bond donors (Lipinski definition) is 3. The highest BCUT2D eigenvalue weighted by atomic mass is 16.5. The largest absolute Gasteiger partial charge is 0.504 e. The van der Waals surface area contributed by atoms with E-state index in [1.54, 1.807) is 6.07 Å². The molecule has 0 saturated carbocycles. The summed E-state index contributed by atoms with van der Waals surface area (Å²) in [5.41, 5.74) is 1.85. The van der Waals surface area contributed by atoms with Crippen molar-refractivity contribution in [2.24, 2.45) is 4.99 Å². The van der Waals surface area contributed by atoms with Gasteiger partial charge in [-0.2, -0.15) is 0 Å². The number of fused-ring (bicyclic) bond motifs is 1. The van der Waals surface area contributed by atoms with Gasteiger partial charge in [0.15, 0.2) is 17.5 Å². The van der Waals surface area contributed by atoms with Crippen LogP contribution < -0.4 is 20.1 Å². The maximum absolute atomic E-state index is 10.2. The first-order valence-electron chi connectivity index (χ1n) is 8.84. The third-order valence-electron chi connectivity index (χ3n) is 4.32. The summed E-state index contributed by atoms with van der Waals surface area (Å²) >= 11 is 0. The van der Waals surface area contributed by atoms with Crippen LogP contribution in [0.2, 0.25) is 0 Å². The summed E-state index contributed by atoms with van der Waals surface area (Å²) in [6.45, 7) is 3.80. The predicted octanol–water partition coefficient (Wildman–Crippen LogP) is 2.98. The Morgan fingerprint density at radius 2 is 2.12 bits per heavy atom. The Morgan fingerprint density at radius 3 is 2.92 bits per heavy atom. The fourth-order valence-electron chi connectivity index (χ4n) is 3.00. The van der Waals surface area contributed by atoms with Crippen molar-refractivity contribution in [2.45, 2.75) is 25.9 Å². The second kappa shape index (κ2) is 8.47. The predicted molar refractivity (Wildman–Crippen MR) is 102 cm³/mol. The topological polar surface area (TPSA) is 75.1 Å². The highest BCUT2D eigenvalue weighted by Gasteiger charge is 2.21. The number of hydrogen-bond acceptors (Lipinski definition) is 4. The van der Waals surface area contributed by atoms with Gasteiger partial charge in [-0.15, -0.1) is 0 Å². The minimum absolute atomic E-state index is 0.131. The number of aromatic hydroxyl groups is 1. The van der Waals surface area contributed by atoms with E-state index in [9.17, 15) is 5.11 Å². The van der Waals surface area contributed by atoms with E-state index in [1.807, 2.05) is 37.3 Å². The molecule has 3 N–H and O–H groups in total. The molecule has 0 aromatic heterocycles. The van der Waals surface area contributed by atoms with Gasteiger partial charge in [0.05, 0.1) is 26.3 Å². The third-order valence-corrected chi connectivity index (χ3v) is 4.32. The zero-order chi connectivity index (χ0) is 18.4. The highest BCUT2D eigenvalue weighted by molar-refractivity contribution is 5.80. The van der Waals surface area contributed by atoms with Gasteiger partial charge < -0.3 is 25.2 Å². The number of phenols is 1. The summed E-state index contributed by atoms with van der Waals surface area (Å²) in [5.74, 6) is 2.20. The Hall–Kier alpha value is -2.89. The molecule has 1 aliphatic rings. The summed E-state index contributed by atoms with van der Waals surface area (Å²) in [5, 5.41) is 17.0. The molecule has 0 aliphatic carbocycles. The molecule has 1 atom stereocenters. The van der Waals surface area contributed by atoms with Gasteiger partial charge in [-0.1, -0.05) is 30.3 Å². The average Bonchev–Trinajstić information content (AvgIpc) is 2.67. The fraction of sp³-hybridized carbons (Fsp3) is 0.350. The first kappa shape index (κ1) is 17.9. The van der Waals surface area contributed by atoms with Gasteiger partial charge in [-0.3, -0.25) is 0 Å². The van der Waals surface area contributed by atoms with Gasteiger partial charge in [0, 0.05) is 24.1 Å². The van der Waals surface area contributed by atoms with Crippen LogP contribution in [0.3, 0.4) is 0 Å². The SMILES string of the molecule is CCNC(=NCc1cccc(OC)c1O)NC1CCOc2ccccc21. The summed E-state index contributed by atoms with van der Waals surface area (Å²) in [7, 11) is 1.54. The molecule has 2 aromatic carbocycles. The maximum Gasteiger partial charge on any atom is 0.192 e. The number of aliphatic imine (C=N–C) groups is 1. The summed E-state index contributed by atoms with van der Waals surface area (Å²) in [6.07, 6.45) is 0.867. The van der Waals surface area contributed by atoms with Crippen molar-refractivity contribution in [3.05, 3.63) is 53.6 Å². The second-order valence-electron chi connectivity index (χ2n) is 6.04. The summed E-state index contributed by atoms with van der Waals surface area (Å²) < 4.78 is 10.9. The molecule has 0 bridgehead atoms. The Labute approximate surface area is 153 Å². The lowest BCUT2D eigenvalue weighted by atomic mass is 10.0. The van der Waals surface area contributed by atoms with Crippen molar-refractivity contribution in [3.63, 3.8) is 0 Å². The molecule has 0 fully saturated rings. The molecule has 1 heterocycles. The van der Waals surface area contributed by atoms with E-state index in [0.29, 0.717) is 30.4 Å². The molecule has 6 heteroatoms. The van der Waals surface area contributed by atoms with E-state index in [4.69, 9.17) is 9.47 Å². The van der Waals surface area contributed by atoms with Crippen LogP contribution in [0.4, 0.5) is 0 Å². The minimum atomic E-state index is 0.131. The number of rotatable bonds is 5. The number of phenolic OH excluding ortho intramolecular Hbond substituents is 1. The Balaban J connectivity index is 1.77. The van der Waals surface area contributed by atoms with E-state index >= 15 is 0 Å². The van der Waals surface area contributed by atoms with Gasteiger partial charge in [0.2, 0.25) is 0 Å². The monoisotopic (exact) mass is 355 g/mol. The van der Waals surface area contributed by atoms with Gasteiger partial charge in [0.1, 0.15) is 5.75 Å². The van der Waals surface area contributed by atoms with E-state index in [2.05, 4.69) is 21.7 Å². The lowest BCUT2D eigenvalue weighted by Gasteiger charge is -2.28. The number of methoxy groups -OCH3 is 1. The minimum Gasteiger partial charge on any atom is -0.504 e. The Bertz CT molecular complexity index is 777. The van der Waals surface area contributed by atoms with Crippen LogP contribution in [0.1, 0.15) is 30.5 Å². The van der Waals surface area contributed by atoms with Crippen molar-refractivity contribution in [1.82, 2.24) is 10.6 Å². The van der Waals surface area contributed by atoms with Gasteiger partial charge in [-0.05, 0) is 19.1 Å². The number of nitrogens with zero attached hydrogens (tertiary/aromatic N) is 1. The maximum atomic E-state index is 10.2. The lowest BCUT2D eigenvalue weighted by molar-refractivity contribution is 0.261. The van der Waals surface area contributed by atoms with E-state index in [-0.39, 0.29) is 11.8 Å². The summed E-state index contributed by atoms with van der Waals surface area (Å²) in [4.78, 5) is 4.63. The smallest absolute Gasteiger partial charge is 0.192 e. The number of benzene rings is 2. The van der Waals surface area contributed by atoms with Crippen molar-refractivity contribution in [3.8, 4) is 17.2 Å². The van der Waals surface area contributed by atoms with Crippen LogP contribution in [0.15, 0.2) is 47.5 Å². The number of nitrogens with one attached hydrogen (secondary N) is 2. The Morgan fingerprint density at radius 1 is 1.27 bits per heavy atom. The Kier molecular flexibility index (Phi) is 5.84. The van der Waals surface area contributed by atoms with E-state index < -0.39 is 0 Å². The van der Waals surface area contributed by atoms with Crippen molar-refractivity contribution >= 4 is 5.96 Å². The van der Waals surface area contributed by atoms with Crippen LogP contribution >= 0.6 is 0 Å². The zero-order valence-corrected chi connectivity index (χ0v) is 15.2. The van der Waals surface area contributed by atoms with E-state index in [0.717, 1.165) is 24.3 Å². The molecule has 1 aliphatic heterocycles. The molecular formula is C20H25N3O3. The van der Waals surface area contributed by atoms with Crippen LogP contribution in [0.5, 0.6) is 17.2 Å². The first-order chi connectivity index (χ1) is 12.7. The molecular weight excluding hydrogens is 330 g/mol. The fourth-order valence-corrected chi connectivity index (χ4v) is 3.00. The zero-order valence-electron chi connectivity index (χ0n) is 15.2. The number of ether oxygens (including phenoxy) is 2. The van der Waals surface area contributed by atoms with E-state index in [1.165, 1.54) is 7.11 Å². The van der Waals surface area contributed by atoms with Crippen LogP contribution in [0.25, 0.3) is 0 Å². The first-order valence-corrected chi connectivity index (χ1v) is 8.84. The average molecular weight is 355 g/mol. The van der Waals surface area contributed by atoms with Gasteiger partial charge in [0.25, 0.3) is 0 Å². The summed E-state index contributed by atoms with van der Waals surface area (Å²) in [6, 6.07) is 13.6. The standard InChI is InChI=1S/C20H25N3O3/c1-3-21-20(22-13-14-7-6-10-18(25-2)19(14)24)23-16-11-12-26-17-9-5-4-8-15(16)17/h4-10,16,24H,3,11-13H2,1-2H3,(H2,21,22,23). The lowest BCUT2D eigenvalue weighted by Crippen LogP contribution is -2.41. The quantitative estimate of drug-likeness (QED) is 0.568. The molecule has 0 spiro atoms. The molecule has 0 saturated heterocycles. The van der Waals surface area contributed by atoms with Gasteiger partial charge >= 0.3 is 0 Å². The molecule has 0 amide bonds. The molecule has 3 rings (SSSR count).